The summed E-state index contributed by atoms with van der Waals surface area (Å²) in [5, 5.41) is 10.5. The van der Waals surface area contributed by atoms with Crippen molar-refractivity contribution < 1.29 is 9.90 Å². The Kier molecular flexibility index (Phi) is 3.09. The normalized spacial score (nSPS) is 34.5. The molecule has 1 amide bonds. The summed E-state index contributed by atoms with van der Waals surface area (Å²) in [5.41, 5.74) is 1.43. The Labute approximate surface area is 114 Å². The standard InChI is InChI=1S/C16H21NO2/c1-10-6-5-9-14(11(10)2)17-15(18)12-7-3-4-8-13(12)16(17)19/h3-4,7-8,10-11,14-15,18H,5-6,9H2,1-2H3/t10-,11+,14+,15-/m1/s1. The molecule has 1 aliphatic carbocycles. The number of carbonyl (C=O) groups excluding carboxylic acids is 1. The fraction of sp³-hybridized carbons (Fsp3) is 0.562. The van der Waals surface area contributed by atoms with Crippen LogP contribution in [0.15, 0.2) is 24.3 Å². The minimum Gasteiger partial charge on any atom is -0.369 e. The summed E-state index contributed by atoms with van der Waals surface area (Å²) < 4.78 is 0. The van der Waals surface area contributed by atoms with Crippen LogP contribution in [0.1, 0.15) is 55.3 Å². The lowest BCUT2D eigenvalue weighted by Crippen LogP contribution is -2.46. The highest BCUT2D eigenvalue weighted by Crippen LogP contribution is 2.40. The summed E-state index contributed by atoms with van der Waals surface area (Å²) in [5.74, 6) is 1.05. The maximum absolute atomic E-state index is 12.5. The lowest BCUT2D eigenvalue weighted by Gasteiger charge is -2.41. The molecule has 0 saturated heterocycles. The van der Waals surface area contributed by atoms with E-state index >= 15 is 0 Å². The third kappa shape index (κ3) is 1.88. The van der Waals surface area contributed by atoms with Gasteiger partial charge in [0.2, 0.25) is 0 Å². The van der Waals surface area contributed by atoms with Crippen LogP contribution in [-0.4, -0.2) is 22.0 Å². The molecule has 3 heteroatoms. The number of rotatable bonds is 1. The second-order valence-electron chi connectivity index (χ2n) is 6.01. The molecule has 0 aromatic heterocycles. The number of amides is 1. The summed E-state index contributed by atoms with van der Waals surface area (Å²) in [4.78, 5) is 14.2. The van der Waals surface area contributed by atoms with Crippen molar-refractivity contribution >= 4 is 5.91 Å². The molecule has 1 fully saturated rings. The average Bonchev–Trinajstić information content (AvgIpc) is 2.67. The summed E-state index contributed by atoms with van der Waals surface area (Å²) in [7, 11) is 0. The Morgan fingerprint density at radius 3 is 2.68 bits per heavy atom. The van der Waals surface area contributed by atoms with Gasteiger partial charge in [-0.1, -0.05) is 44.9 Å². The van der Waals surface area contributed by atoms with Crippen LogP contribution in [0.5, 0.6) is 0 Å². The summed E-state index contributed by atoms with van der Waals surface area (Å²) in [6.45, 7) is 4.45. The Bertz CT molecular complexity index is 499. The van der Waals surface area contributed by atoms with Gasteiger partial charge in [0.1, 0.15) is 0 Å². The predicted octanol–water partition coefficient (Wildman–Crippen LogP) is 2.96. The van der Waals surface area contributed by atoms with Crippen molar-refractivity contribution in [3.05, 3.63) is 35.4 Å². The van der Waals surface area contributed by atoms with Crippen LogP contribution in [0.2, 0.25) is 0 Å². The van der Waals surface area contributed by atoms with E-state index < -0.39 is 6.23 Å². The van der Waals surface area contributed by atoms with E-state index in [9.17, 15) is 9.90 Å². The van der Waals surface area contributed by atoms with E-state index in [0.717, 1.165) is 18.4 Å². The van der Waals surface area contributed by atoms with Crippen molar-refractivity contribution in [2.45, 2.75) is 45.4 Å². The van der Waals surface area contributed by atoms with Crippen molar-refractivity contribution in [1.82, 2.24) is 4.90 Å². The van der Waals surface area contributed by atoms with Gasteiger partial charge >= 0.3 is 0 Å². The lowest BCUT2D eigenvalue weighted by atomic mass is 9.77. The zero-order valence-corrected chi connectivity index (χ0v) is 11.5. The predicted molar refractivity (Wildman–Crippen MR) is 73.5 cm³/mol. The van der Waals surface area contributed by atoms with Crippen molar-refractivity contribution in [2.24, 2.45) is 11.8 Å². The highest BCUT2D eigenvalue weighted by Gasteiger charge is 2.43. The zero-order valence-electron chi connectivity index (χ0n) is 11.5. The Hall–Kier alpha value is -1.35. The molecule has 102 valence electrons. The fourth-order valence-corrected chi connectivity index (χ4v) is 3.60. The van der Waals surface area contributed by atoms with Crippen LogP contribution in [0.25, 0.3) is 0 Å². The Morgan fingerprint density at radius 1 is 1.21 bits per heavy atom. The van der Waals surface area contributed by atoms with E-state index in [4.69, 9.17) is 0 Å². The van der Waals surface area contributed by atoms with Crippen molar-refractivity contribution in [3.8, 4) is 0 Å². The minimum atomic E-state index is -0.763. The first-order valence-electron chi connectivity index (χ1n) is 7.21. The third-order valence-corrected chi connectivity index (χ3v) is 4.99. The number of hydrogen-bond donors (Lipinski definition) is 1. The highest BCUT2D eigenvalue weighted by atomic mass is 16.3. The van der Waals surface area contributed by atoms with Gasteiger partial charge in [-0.15, -0.1) is 0 Å². The molecule has 0 spiro atoms. The molecule has 0 bridgehead atoms. The van der Waals surface area contributed by atoms with E-state index in [1.807, 2.05) is 24.3 Å². The van der Waals surface area contributed by atoms with Crippen molar-refractivity contribution in [2.75, 3.05) is 0 Å². The molecule has 19 heavy (non-hydrogen) atoms. The smallest absolute Gasteiger partial charge is 0.256 e. The number of benzene rings is 1. The SMILES string of the molecule is C[C@H]1[C@H](C)CCC[C@@H]1N1C(=O)c2ccccc2[C@H]1O. The molecule has 1 heterocycles. The maximum atomic E-state index is 12.5. The first kappa shape index (κ1) is 12.7. The molecule has 1 aliphatic heterocycles. The van der Waals surface area contributed by atoms with Crippen LogP contribution in [-0.2, 0) is 0 Å². The van der Waals surface area contributed by atoms with Crippen molar-refractivity contribution in [3.63, 3.8) is 0 Å². The molecule has 3 nitrogen and oxygen atoms in total. The first-order chi connectivity index (χ1) is 9.11. The highest BCUT2D eigenvalue weighted by molar-refractivity contribution is 5.99. The van der Waals surface area contributed by atoms with Gasteiger partial charge in [-0.05, 0) is 24.3 Å². The van der Waals surface area contributed by atoms with E-state index in [1.165, 1.54) is 6.42 Å². The Morgan fingerprint density at radius 2 is 1.95 bits per heavy atom. The summed E-state index contributed by atoms with van der Waals surface area (Å²) >= 11 is 0. The lowest BCUT2D eigenvalue weighted by molar-refractivity contribution is -0.0305. The van der Waals surface area contributed by atoms with Crippen LogP contribution in [0.4, 0.5) is 0 Å². The van der Waals surface area contributed by atoms with Crippen LogP contribution in [0.3, 0.4) is 0 Å². The largest absolute Gasteiger partial charge is 0.369 e. The van der Waals surface area contributed by atoms with Crippen LogP contribution < -0.4 is 0 Å². The van der Waals surface area contributed by atoms with Gasteiger partial charge in [0.25, 0.3) is 5.91 Å². The minimum absolute atomic E-state index is 0.00551. The zero-order chi connectivity index (χ0) is 13.6. The first-order valence-corrected chi connectivity index (χ1v) is 7.21. The fourth-order valence-electron chi connectivity index (χ4n) is 3.60. The van der Waals surface area contributed by atoms with Gasteiger partial charge in [-0.3, -0.25) is 4.79 Å². The van der Waals surface area contributed by atoms with Crippen LogP contribution in [0, 0.1) is 11.8 Å². The molecule has 0 unspecified atom stereocenters. The van der Waals surface area contributed by atoms with Gasteiger partial charge in [-0.2, -0.15) is 0 Å². The van der Waals surface area contributed by atoms with Gasteiger partial charge in [0, 0.05) is 17.2 Å². The molecular weight excluding hydrogens is 238 g/mol. The maximum Gasteiger partial charge on any atom is 0.256 e. The van der Waals surface area contributed by atoms with E-state index in [0.29, 0.717) is 17.4 Å². The van der Waals surface area contributed by atoms with E-state index in [1.54, 1.807) is 4.90 Å². The third-order valence-electron chi connectivity index (χ3n) is 4.99. The van der Waals surface area contributed by atoms with Crippen LogP contribution >= 0.6 is 0 Å². The molecule has 1 aromatic carbocycles. The van der Waals surface area contributed by atoms with Crippen molar-refractivity contribution in [1.29, 1.82) is 0 Å². The van der Waals surface area contributed by atoms with E-state index in [2.05, 4.69) is 13.8 Å². The molecule has 0 radical (unpaired) electrons. The molecule has 1 aromatic rings. The molecular formula is C16H21NO2. The molecule has 2 aliphatic rings. The molecule has 1 saturated carbocycles. The summed E-state index contributed by atoms with van der Waals surface area (Å²) in [6, 6.07) is 7.58. The van der Waals surface area contributed by atoms with Gasteiger partial charge < -0.3 is 10.0 Å². The molecule has 3 rings (SSSR count). The summed E-state index contributed by atoms with van der Waals surface area (Å²) in [6.07, 6.45) is 2.61. The van der Waals surface area contributed by atoms with Gasteiger partial charge in [-0.25, -0.2) is 0 Å². The number of aliphatic hydroxyl groups is 1. The number of fused-ring (bicyclic) bond motifs is 1. The Balaban J connectivity index is 1.93. The topological polar surface area (TPSA) is 40.5 Å². The number of carbonyl (C=O) groups is 1. The number of hydrogen-bond acceptors (Lipinski definition) is 2. The van der Waals surface area contributed by atoms with E-state index in [-0.39, 0.29) is 11.9 Å². The average molecular weight is 259 g/mol. The quantitative estimate of drug-likeness (QED) is 0.842. The molecule has 1 N–H and O–H groups in total. The molecule has 4 atom stereocenters. The number of nitrogens with zero attached hydrogens (tertiary/aromatic N) is 1. The van der Waals surface area contributed by atoms with Gasteiger partial charge in [0.15, 0.2) is 6.23 Å². The van der Waals surface area contributed by atoms with Gasteiger partial charge in [0.05, 0.1) is 0 Å². The number of aliphatic hydroxyl groups excluding tert-OH is 1. The monoisotopic (exact) mass is 259 g/mol. The second kappa shape index (κ2) is 4.64. The second-order valence-corrected chi connectivity index (χ2v) is 6.01.